The number of nitrogens with one attached hydrogen (secondary N) is 1. The summed E-state index contributed by atoms with van der Waals surface area (Å²) in [4.78, 5) is 28.2. The number of benzene rings is 1. The number of amides is 1. The summed E-state index contributed by atoms with van der Waals surface area (Å²) >= 11 is 0. The van der Waals surface area contributed by atoms with Crippen molar-refractivity contribution in [2.24, 2.45) is 0 Å². The number of quaternary nitrogens is 1. The Kier molecular flexibility index (Phi) is 6.87. The average Bonchev–Trinajstić information content (AvgIpc) is 3.35. The van der Waals surface area contributed by atoms with Crippen molar-refractivity contribution in [3.8, 4) is 0 Å². The summed E-state index contributed by atoms with van der Waals surface area (Å²) in [6.45, 7) is 1.09. The van der Waals surface area contributed by atoms with Crippen molar-refractivity contribution in [3.05, 3.63) is 59.6 Å². The summed E-state index contributed by atoms with van der Waals surface area (Å²) in [6.07, 6.45) is 2.07. The molecule has 2 heterocycles. The van der Waals surface area contributed by atoms with E-state index in [1.165, 1.54) is 54.4 Å². The van der Waals surface area contributed by atoms with E-state index in [1.54, 1.807) is 12.1 Å². The lowest BCUT2D eigenvalue weighted by Crippen LogP contribution is -3.05. The van der Waals surface area contributed by atoms with Crippen molar-refractivity contribution in [1.29, 1.82) is 0 Å². The molecule has 1 aliphatic heterocycles. The van der Waals surface area contributed by atoms with Gasteiger partial charge in [0.2, 0.25) is 15.8 Å². The zero-order valence-electron chi connectivity index (χ0n) is 18.5. The maximum atomic E-state index is 13.3. The fourth-order valence-corrected chi connectivity index (χ4v) is 4.49. The summed E-state index contributed by atoms with van der Waals surface area (Å²) in [7, 11) is 3.14. The Labute approximate surface area is 187 Å². The van der Waals surface area contributed by atoms with Crippen molar-refractivity contribution in [2.75, 3.05) is 41.3 Å². The summed E-state index contributed by atoms with van der Waals surface area (Å²) in [5.74, 6) is -1.90. The van der Waals surface area contributed by atoms with Crippen LogP contribution in [0.25, 0.3) is 5.76 Å². The average molecular weight is 462 g/mol. The van der Waals surface area contributed by atoms with Gasteiger partial charge in [0.05, 0.1) is 31.8 Å². The topological polar surface area (TPSA) is 115 Å². The first-order valence-corrected chi connectivity index (χ1v) is 11.6. The highest BCUT2D eigenvalue weighted by Crippen LogP contribution is 2.38. The fraction of sp³-hybridized carbons (Fsp3) is 0.364. The van der Waals surface area contributed by atoms with E-state index in [4.69, 9.17) is 4.42 Å². The van der Waals surface area contributed by atoms with Gasteiger partial charge < -0.3 is 19.3 Å². The van der Waals surface area contributed by atoms with Crippen LogP contribution in [0, 0.1) is 0 Å². The van der Waals surface area contributed by atoms with E-state index in [9.17, 15) is 23.1 Å². The van der Waals surface area contributed by atoms with E-state index in [-0.39, 0.29) is 16.0 Å². The van der Waals surface area contributed by atoms with Gasteiger partial charge in [0.15, 0.2) is 0 Å². The maximum absolute atomic E-state index is 13.3. The van der Waals surface area contributed by atoms with Crippen LogP contribution in [-0.2, 0) is 19.6 Å². The Morgan fingerprint density at radius 2 is 1.81 bits per heavy atom. The molecule has 0 radical (unpaired) electrons. The van der Waals surface area contributed by atoms with Crippen LogP contribution >= 0.6 is 0 Å². The summed E-state index contributed by atoms with van der Waals surface area (Å²) in [6, 6.07) is 7.66. The summed E-state index contributed by atoms with van der Waals surface area (Å²) < 4.78 is 31.1. The van der Waals surface area contributed by atoms with Crippen LogP contribution in [0.1, 0.15) is 23.8 Å². The van der Waals surface area contributed by atoms with Gasteiger partial charge in [-0.05, 0) is 29.8 Å². The van der Waals surface area contributed by atoms with Crippen molar-refractivity contribution in [1.82, 2.24) is 9.21 Å². The molecule has 172 valence electrons. The highest BCUT2D eigenvalue weighted by Gasteiger charge is 2.45. The van der Waals surface area contributed by atoms with E-state index >= 15 is 0 Å². The number of carbonyl (C=O) groups excluding carboxylic acids is 2. The normalized spacial score (nSPS) is 18.8. The van der Waals surface area contributed by atoms with E-state index < -0.39 is 33.5 Å². The van der Waals surface area contributed by atoms with Crippen LogP contribution < -0.4 is 10.0 Å². The highest BCUT2D eigenvalue weighted by molar-refractivity contribution is 7.89. The van der Waals surface area contributed by atoms with Crippen LogP contribution in [0.5, 0.6) is 0 Å². The molecule has 1 amide bonds. The van der Waals surface area contributed by atoms with Gasteiger partial charge in [0.25, 0.3) is 5.91 Å². The molecule has 1 aromatic heterocycles. The monoisotopic (exact) mass is 461 g/mol. The predicted octanol–water partition coefficient (Wildman–Crippen LogP) is -0.711. The molecule has 1 saturated heterocycles. The second kappa shape index (κ2) is 9.27. The Hall–Kier alpha value is -2.95. The minimum absolute atomic E-state index is 0.0215. The van der Waals surface area contributed by atoms with Gasteiger partial charge in [-0.1, -0.05) is 17.9 Å². The van der Waals surface area contributed by atoms with Crippen LogP contribution in [0.2, 0.25) is 0 Å². The lowest BCUT2D eigenvalue weighted by atomic mass is 9.99. The largest absolute Gasteiger partial charge is 0.872 e. The minimum Gasteiger partial charge on any atom is -0.872 e. The maximum Gasteiger partial charge on any atom is 0.295 e. The Morgan fingerprint density at radius 3 is 2.34 bits per heavy atom. The molecule has 9 nitrogen and oxygen atoms in total. The molecule has 32 heavy (non-hydrogen) atoms. The molecule has 1 fully saturated rings. The molecule has 1 aliphatic rings. The van der Waals surface area contributed by atoms with E-state index in [1.807, 2.05) is 14.1 Å². The lowest BCUT2D eigenvalue weighted by Gasteiger charge is -2.25. The molecule has 0 bridgehead atoms. The molecule has 1 unspecified atom stereocenters. The smallest absolute Gasteiger partial charge is 0.295 e. The van der Waals surface area contributed by atoms with Gasteiger partial charge in [-0.15, -0.1) is 0 Å². The molecule has 1 N–H and O–H groups in total. The molecular formula is C22H27N3O6S. The second-order valence-corrected chi connectivity index (χ2v) is 10.3. The molecule has 3 rings (SSSR count). The number of nitrogens with zero attached hydrogens (tertiary/aromatic N) is 2. The molecule has 10 heteroatoms. The van der Waals surface area contributed by atoms with E-state index in [0.717, 1.165) is 10.8 Å². The number of Topliss-reactive ketones (excluding diaryl/α,β-unsaturated/α-hetero) is 1. The third-order valence-electron chi connectivity index (χ3n) is 5.31. The Bertz CT molecular complexity index is 1120. The molecular weight excluding hydrogens is 434 g/mol. The number of hydrogen-bond donors (Lipinski definition) is 1. The standard InChI is InChI=1S/C22H27N3O6S/c1-23(2)12-6-13-25-19(17-7-5-14-31-17)18(21(27)22(25)28)20(26)15-8-10-16(11-9-15)32(29,30)24(3)4/h5,7-11,14,19,26H,6,12-13H2,1-4H3. The van der Waals surface area contributed by atoms with Gasteiger partial charge in [-0.3, -0.25) is 9.59 Å². The van der Waals surface area contributed by atoms with Crippen molar-refractivity contribution in [3.63, 3.8) is 0 Å². The number of rotatable bonds is 8. The molecule has 1 aromatic carbocycles. The zero-order valence-corrected chi connectivity index (χ0v) is 19.3. The van der Waals surface area contributed by atoms with Crippen molar-refractivity contribution in [2.45, 2.75) is 17.4 Å². The van der Waals surface area contributed by atoms with Crippen LogP contribution in [0.15, 0.2) is 57.5 Å². The second-order valence-electron chi connectivity index (χ2n) is 8.11. The first-order chi connectivity index (χ1) is 15.1. The fourth-order valence-electron chi connectivity index (χ4n) is 3.59. The third-order valence-corrected chi connectivity index (χ3v) is 7.14. The first kappa shape index (κ1) is 23.7. The lowest BCUT2D eigenvalue weighted by molar-refractivity contribution is -0.858. The first-order valence-electron chi connectivity index (χ1n) is 10.2. The van der Waals surface area contributed by atoms with Gasteiger partial charge in [-0.2, -0.15) is 0 Å². The minimum atomic E-state index is -3.66. The summed E-state index contributed by atoms with van der Waals surface area (Å²) in [5, 5.41) is 13.3. The number of likely N-dealkylation sites (tertiary alicyclic amines) is 1. The Balaban J connectivity index is 2.03. The molecule has 2 aromatic rings. The number of carbonyl (C=O) groups is 2. The Morgan fingerprint density at radius 1 is 1.16 bits per heavy atom. The third kappa shape index (κ3) is 4.47. The van der Waals surface area contributed by atoms with Gasteiger partial charge in [-0.25, -0.2) is 12.7 Å². The number of hydrogen-bond acceptors (Lipinski definition) is 6. The van der Waals surface area contributed by atoms with Crippen LogP contribution in [0.4, 0.5) is 0 Å². The molecule has 0 saturated carbocycles. The number of sulfonamides is 1. The summed E-state index contributed by atoms with van der Waals surface area (Å²) in [5.41, 5.74) is -0.0691. The predicted molar refractivity (Wildman–Crippen MR) is 115 cm³/mol. The SMILES string of the molecule is CN(C)S(=O)(=O)c1ccc(C([O-])=C2C(=O)C(=O)N(CCC[NH+](C)C)C2c2ccco2)cc1. The quantitative estimate of drug-likeness (QED) is 0.315. The van der Waals surface area contributed by atoms with E-state index in [0.29, 0.717) is 18.7 Å². The van der Waals surface area contributed by atoms with Crippen LogP contribution in [-0.4, -0.2) is 70.6 Å². The van der Waals surface area contributed by atoms with Crippen LogP contribution in [0.3, 0.4) is 0 Å². The van der Waals surface area contributed by atoms with Crippen molar-refractivity contribution < 1.29 is 32.4 Å². The number of ketones is 1. The molecule has 1 atom stereocenters. The van der Waals surface area contributed by atoms with Gasteiger partial charge in [0.1, 0.15) is 11.8 Å². The zero-order chi connectivity index (χ0) is 23.6. The highest BCUT2D eigenvalue weighted by atomic mass is 32.2. The molecule has 0 aliphatic carbocycles. The number of furan rings is 1. The van der Waals surface area contributed by atoms with E-state index in [2.05, 4.69) is 0 Å². The molecule has 0 spiro atoms. The van der Waals surface area contributed by atoms with Gasteiger partial charge in [0, 0.05) is 32.6 Å². The van der Waals surface area contributed by atoms with Crippen molar-refractivity contribution >= 4 is 27.5 Å². The van der Waals surface area contributed by atoms with Gasteiger partial charge >= 0.3 is 0 Å².